The first-order valence-corrected chi connectivity index (χ1v) is 8.63. The minimum absolute atomic E-state index is 0.0154. The fourth-order valence-corrected chi connectivity index (χ4v) is 3.36. The van der Waals surface area contributed by atoms with E-state index in [1.165, 1.54) is 11.1 Å². The van der Waals surface area contributed by atoms with Gasteiger partial charge in [0.05, 0.1) is 25.3 Å². The summed E-state index contributed by atoms with van der Waals surface area (Å²) < 4.78 is 5.47. The van der Waals surface area contributed by atoms with Gasteiger partial charge in [0.2, 0.25) is 5.91 Å². The fourth-order valence-electron chi connectivity index (χ4n) is 3.36. The molecule has 2 atom stereocenters. The van der Waals surface area contributed by atoms with E-state index < -0.39 is 0 Å². The summed E-state index contributed by atoms with van der Waals surface area (Å²) in [4.78, 5) is 14.7. The van der Waals surface area contributed by atoms with Crippen LogP contribution in [-0.4, -0.2) is 56.2 Å². The van der Waals surface area contributed by atoms with Crippen molar-refractivity contribution in [2.24, 2.45) is 0 Å². The van der Waals surface area contributed by atoms with E-state index in [1.807, 2.05) is 0 Å². The molecule has 23 heavy (non-hydrogen) atoms. The lowest BCUT2D eigenvalue weighted by atomic mass is 10.0. The molecule has 0 radical (unpaired) electrons. The Morgan fingerprint density at radius 3 is 2.74 bits per heavy atom. The first kappa shape index (κ1) is 16.4. The normalized spacial score (nSPS) is 23.6. The molecule has 0 spiro atoms. The van der Waals surface area contributed by atoms with Gasteiger partial charge >= 0.3 is 0 Å². The van der Waals surface area contributed by atoms with Crippen molar-refractivity contribution in [2.75, 3.05) is 39.4 Å². The highest BCUT2D eigenvalue weighted by molar-refractivity contribution is 5.82. The summed E-state index contributed by atoms with van der Waals surface area (Å²) in [6.07, 6.45) is 2.03. The average molecular weight is 317 g/mol. The number of carbonyl (C=O) groups is 1. The molecule has 3 rings (SSSR count). The summed E-state index contributed by atoms with van der Waals surface area (Å²) in [6.45, 7) is 7.05. The van der Waals surface area contributed by atoms with Crippen molar-refractivity contribution in [1.82, 2.24) is 15.5 Å². The van der Waals surface area contributed by atoms with Crippen LogP contribution in [0, 0.1) is 6.92 Å². The smallest absolute Gasteiger partial charge is 0.237 e. The summed E-state index contributed by atoms with van der Waals surface area (Å²) in [5.41, 5.74) is 2.52. The minimum atomic E-state index is -0.0154. The lowest BCUT2D eigenvalue weighted by molar-refractivity contribution is -0.123. The predicted octanol–water partition coefficient (Wildman–Crippen LogP) is 1.24. The lowest BCUT2D eigenvalue weighted by Gasteiger charge is -2.35. The number of ether oxygens (including phenoxy) is 1. The van der Waals surface area contributed by atoms with Gasteiger partial charge in [0.25, 0.3) is 0 Å². The summed E-state index contributed by atoms with van der Waals surface area (Å²) in [6, 6.07) is 8.83. The van der Waals surface area contributed by atoms with Crippen LogP contribution < -0.4 is 10.6 Å². The quantitative estimate of drug-likeness (QED) is 0.858. The molecule has 1 amide bonds. The van der Waals surface area contributed by atoms with E-state index in [9.17, 15) is 4.79 Å². The summed E-state index contributed by atoms with van der Waals surface area (Å²) >= 11 is 0. The maximum absolute atomic E-state index is 12.3. The van der Waals surface area contributed by atoms with Crippen LogP contribution in [0.3, 0.4) is 0 Å². The Balaban J connectivity index is 1.66. The number of hydrogen-bond acceptors (Lipinski definition) is 4. The number of aryl methyl sites for hydroxylation is 1. The Bertz CT molecular complexity index is 506. The zero-order valence-corrected chi connectivity index (χ0v) is 13.9. The highest BCUT2D eigenvalue weighted by Gasteiger charge is 2.26. The third-order valence-electron chi connectivity index (χ3n) is 4.80. The molecule has 5 heteroatoms. The highest BCUT2D eigenvalue weighted by Crippen LogP contribution is 2.22. The molecule has 2 N–H and O–H groups in total. The second kappa shape index (κ2) is 7.90. The van der Waals surface area contributed by atoms with Crippen molar-refractivity contribution in [3.05, 3.63) is 35.4 Å². The van der Waals surface area contributed by atoms with Crippen LogP contribution in [-0.2, 0) is 9.53 Å². The van der Waals surface area contributed by atoms with Gasteiger partial charge in [-0.05, 0) is 31.9 Å². The van der Waals surface area contributed by atoms with Crippen molar-refractivity contribution >= 4 is 5.91 Å². The van der Waals surface area contributed by atoms with Crippen molar-refractivity contribution in [2.45, 2.75) is 31.8 Å². The molecule has 0 bridgehead atoms. The van der Waals surface area contributed by atoms with Crippen LogP contribution in [0.5, 0.6) is 0 Å². The number of benzene rings is 1. The highest BCUT2D eigenvalue weighted by atomic mass is 16.5. The van der Waals surface area contributed by atoms with Crippen LogP contribution in [0.2, 0.25) is 0 Å². The van der Waals surface area contributed by atoms with Gasteiger partial charge in [-0.25, -0.2) is 0 Å². The molecular formula is C18H27N3O2. The van der Waals surface area contributed by atoms with E-state index in [2.05, 4.69) is 46.7 Å². The molecule has 2 saturated heterocycles. The SMILES string of the molecule is Cc1ccc(C(CNC(=O)C2CCCN2)N2CCOCC2)cc1. The largest absolute Gasteiger partial charge is 0.379 e. The van der Waals surface area contributed by atoms with Gasteiger partial charge in [-0.3, -0.25) is 9.69 Å². The number of morpholine rings is 1. The van der Waals surface area contributed by atoms with E-state index in [-0.39, 0.29) is 18.0 Å². The van der Waals surface area contributed by atoms with Crippen molar-refractivity contribution in [3.8, 4) is 0 Å². The molecule has 0 saturated carbocycles. The monoisotopic (exact) mass is 317 g/mol. The molecule has 2 fully saturated rings. The maximum atomic E-state index is 12.3. The van der Waals surface area contributed by atoms with Gasteiger partial charge in [-0.1, -0.05) is 29.8 Å². The second-order valence-electron chi connectivity index (χ2n) is 6.47. The molecule has 1 aromatic carbocycles. The Morgan fingerprint density at radius 2 is 2.09 bits per heavy atom. The standard InChI is InChI=1S/C18H27N3O2/c1-14-4-6-15(7-5-14)17(21-9-11-23-12-10-21)13-20-18(22)16-3-2-8-19-16/h4-7,16-17,19H,2-3,8-13H2,1H3,(H,20,22). The zero-order valence-electron chi connectivity index (χ0n) is 13.9. The number of hydrogen-bond donors (Lipinski definition) is 2. The van der Waals surface area contributed by atoms with Crippen LogP contribution in [0.1, 0.15) is 30.0 Å². The Hall–Kier alpha value is -1.43. The van der Waals surface area contributed by atoms with Crippen LogP contribution in [0.25, 0.3) is 0 Å². The molecule has 0 aliphatic carbocycles. The molecule has 5 nitrogen and oxygen atoms in total. The van der Waals surface area contributed by atoms with E-state index in [0.717, 1.165) is 45.7 Å². The number of nitrogens with one attached hydrogen (secondary N) is 2. The lowest BCUT2D eigenvalue weighted by Crippen LogP contribution is -2.47. The number of rotatable bonds is 5. The van der Waals surface area contributed by atoms with E-state index in [1.54, 1.807) is 0 Å². The van der Waals surface area contributed by atoms with Crippen LogP contribution in [0.15, 0.2) is 24.3 Å². The molecule has 2 aliphatic heterocycles. The summed E-state index contributed by atoms with van der Waals surface area (Å²) in [5, 5.41) is 6.41. The average Bonchev–Trinajstić information content (AvgIpc) is 3.12. The Morgan fingerprint density at radius 1 is 1.35 bits per heavy atom. The molecule has 2 aliphatic rings. The van der Waals surface area contributed by atoms with Gasteiger partial charge in [-0.2, -0.15) is 0 Å². The second-order valence-corrected chi connectivity index (χ2v) is 6.47. The first-order valence-electron chi connectivity index (χ1n) is 8.63. The number of carbonyl (C=O) groups excluding carboxylic acids is 1. The van der Waals surface area contributed by atoms with Crippen molar-refractivity contribution < 1.29 is 9.53 Å². The van der Waals surface area contributed by atoms with Crippen LogP contribution in [0.4, 0.5) is 0 Å². The molecule has 1 aromatic rings. The predicted molar refractivity (Wildman–Crippen MR) is 90.3 cm³/mol. The fraction of sp³-hybridized carbons (Fsp3) is 0.611. The Kier molecular flexibility index (Phi) is 5.65. The van der Waals surface area contributed by atoms with Gasteiger partial charge in [0.15, 0.2) is 0 Å². The molecule has 126 valence electrons. The van der Waals surface area contributed by atoms with Crippen molar-refractivity contribution in [3.63, 3.8) is 0 Å². The topological polar surface area (TPSA) is 53.6 Å². The molecule has 2 unspecified atom stereocenters. The van der Waals surface area contributed by atoms with Gasteiger partial charge < -0.3 is 15.4 Å². The third-order valence-corrected chi connectivity index (χ3v) is 4.80. The maximum Gasteiger partial charge on any atom is 0.237 e. The third kappa shape index (κ3) is 4.31. The Labute approximate surface area is 138 Å². The first-order chi connectivity index (χ1) is 11.2. The van der Waals surface area contributed by atoms with Crippen molar-refractivity contribution in [1.29, 1.82) is 0 Å². The van der Waals surface area contributed by atoms with Gasteiger partial charge in [-0.15, -0.1) is 0 Å². The van der Waals surface area contributed by atoms with Gasteiger partial charge in [0.1, 0.15) is 0 Å². The molecule has 2 heterocycles. The van der Waals surface area contributed by atoms with E-state index in [4.69, 9.17) is 4.74 Å². The summed E-state index contributed by atoms with van der Waals surface area (Å²) in [5.74, 6) is 0.132. The van der Waals surface area contributed by atoms with E-state index in [0.29, 0.717) is 6.54 Å². The number of nitrogens with zero attached hydrogens (tertiary/aromatic N) is 1. The summed E-state index contributed by atoms with van der Waals surface area (Å²) in [7, 11) is 0. The molecular weight excluding hydrogens is 290 g/mol. The molecule has 0 aromatic heterocycles. The van der Waals surface area contributed by atoms with Crippen LogP contribution >= 0.6 is 0 Å². The minimum Gasteiger partial charge on any atom is -0.379 e. The number of amides is 1. The van der Waals surface area contributed by atoms with Gasteiger partial charge in [0, 0.05) is 19.6 Å². The van der Waals surface area contributed by atoms with E-state index >= 15 is 0 Å². The zero-order chi connectivity index (χ0) is 16.1.